The Balaban J connectivity index is 1.38. The fraction of sp³-hybridized carbons (Fsp3) is 0.128. The largest absolute Gasteiger partial charge is 0.158 e. The van der Waals surface area contributed by atoms with Crippen molar-refractivity contribution in [1.29, 1.82) is 0 Å². The second-order valence-corrected chi connectivity index (χ2v) is 12.2. The van der Waals surface area contributed by atoms with Crippen LogP contribution in [0, 0.1) is 13.8 Å². The van der Waals surface area contributed by atoms with Crippen LogP contribution >= 0.6 is 0 Å². The van der Waals surface area contributed by atoms with Crippen molar-refractivity contribution < 1.29 is 0 Å². The van der Waals surface area contributed by atoms with Crippen LogP contribution in [0.25, 0.3) is 60.9 Å². The van der Waals surface area contributed by atoms with Gasteiger partial charge in [0.05, 0.1) is 12.4 Å². The SMILES string of the molecule is C=C1c2cc(-c3ccc(C)cc3)ccc2-c2c1c1c(c3cnncc23)-c2ccc(-c3ccc(C)cc3)cc2C1(C)C. The molecule has 0 fully saturated rings. The highest BCUT2D eigenvalue weighted by Crippen LogP contribution is 2.60. The van der Waals surface area contributed by atoms with Gasteiger partial charge in [-0.15, -0.1) is 0 Å². The van der Waals surface area contributed by atoms with Crippen molar-refractivity contribution in [2.75, 3.05) is 0 Å². The van der Waals surface area contributed by atoms with Gasteiger partial charge in [-0.1, -0.05) is 104 Å². The molecule has 0 spiro atoms. The van der Waals surface area contributed by atoms with Gasteiger partial charge in [0.1, 0.15) is 0 Å². The van der Waals surface area contributed by atoms with Gasteiger partial charge in [-0.2, -0.15) is 10.2 Å². The first-order valence-corrected chi connectivity index (χ1v) is 14.3. The molecule has 1 heterocycles. The third-order valence-corrected chi connectivity index (χ3v) is 9.29. The first-order valence-electron chi connectivity index (χ1n) is 14.3. The molecule has 0 radical (unpaired) electrons. The third kappa shape index (κ3) is 3.31. The molecule has 0 aliphatic heterocycles. The molecule has 196 valence electrons. The maximum Gasteiger partial charge on any atom is 0.0581 e. The number of hydrogen-bond donors (Lipinski definition) is 0. The van der Waals surface area contributed by atoms with E-state index in [1.807, 2.05) is 12.4 Å². The fourth-order valence-electron chi connectivity index (χ4n) is 7.14. The van der Waals surface area contributed by atoms with E-state index in [9.17, 15) is 0 Å². The first kappa shape index (κ1) is 24.0. The molecule has 6 aromatic rings. The van der Waals surface area contributed by atoms with Crippen LogP contribution in [0.1, 0.15) is 47.2 Å². The van der Waals surface area contributed by atoms with Crippen LogP contribution in [0.5, 0.6) is 0 Å². The Morgan fingerprint density at radius 1 is 0.537 bits per heavy atom. The lowest BCUT2D eigenvalue weighted by atomic mass is 9.77. The molecule has 0 atom stereocenters. The Hall–Kier alpha value is -4.82. The van der Waals surface area contributed by atoms with Crippen LogP contribution in [-0.2, 0) is 5.41 Å². The minimum Gasteiger partial charge on any atom is -0.158 e. The van der Waals surface area contributed by atoms with E-state index >= 15 is 0 Å². The number of benzene rings is 5. The summed E-state index contributed by atoms with van der Waals surface area (Å²) in [7, 11) is 0. The van der Waals surface area contributed by atoms with E-state index in [1.165, 1.54) is 77.9 Å². The van der Waals surface area contributed by atoms with Crippen LogP contribution in [0.3, 0.4) is 0 Å². The van der Waals surface area contributed by atoms with Gasteiger partial charge in [0.2, 0.25) is 0 Å². The summed E-state index contributed by atoms with van der Waals surface area (Å²) in [5.74, 6) is 0. The summed E-state index contributed by atoms with van der Waals surface area (Å²) in [6.45, 7) is 13.7. The smallest absolute Gasteiger partial charge is 0.0581 e. The topological polar surface area (TPSA) is 25.8 Å². The van der Waals surface area contributed by atoms with E-state index in [1.54, 1.807) is 0 Å². The lowest BCUT2D eigenvalue weighted by Crippen LogP contribution is -2.17. The van der Waals surface area contributed by atoms with Crippen molar-refractivity contribution in [2.45, 2.75) is 33.1 Å². The zero-order valence-corrected chi connectivity index (χ0v) is 23.8. The van der Waals surface area contributed by atoms with Gasteiger partial charge in [-0.3, -0.25) is 0 Å². The molecule has 0 unspecified atom stereocenters. The molecule has 2 nitrogen and oxygen atoms in total. The van der Waals surface area contributed by atoms with Crippen LogP contribution < -0.4 is 0 Å². The number of fused-ring (bicyclic) bond motifs is 10. The van der Waals surface area contributed by atoms with Gasteiger partial charge in [0.25, 0.3) is 0 Å². The summed E-state index contributed by atoms with van der Waals surface area (Å²) in [4.78, 5) is 0. The standard InChI is InChI=1S/C39H30N2/c1-22-6-10-25(11-7-22)27-14-16-29-31(18-27)24(3)35-36(29)32-20-40-41-21-33(32)37-30-17-15-28(26-12-8-23(2)9-13-26)19-34(30)39(4,5)38(35)37/h6-21H,3H2,1-2,4-5H3. The Kier molecular flexibility index (Phi) is 4.89. The molecule has 0 bridgehead atoms. The van der Waals surface area contributed by atoms with Crippen molar-refractivity contribution >= 4 is 16.3 Å². The van der Waals surface area contributed by atoms with E-state index in [2.05, 4.69) is 123 Å². The molecule has 2 heteroatoms. The highest BCUT2D eigenvalue weighted by Gasteiger charge is 2.43. The predicted molar refractivity (Wildman–Crippen MR) is 171 cm³/mol. The Labute approximate surface area is 241 Å². The maximum absolute atomic E-state index is 4.74. The molecule has 1 aromatic heterocycles. The van der Waals surface area contributed by atoms with Gasteiger partial charge in [0, 0.05) is 16.2 Å². The summed E-state index contributed by atoms with van der Waals surface area (Å²) < 4.78 is 0. The second-order valence-electron chi connectivity index (χ2n) is 12.2. The predicted octanol–water partition coefficient (Wildman–Crippen LogP) is 9.93. The summed E-state index contributed by atoms with van der Waals surface area (Å²) >= 11 is 0. The molecule has 0 amide bonds. The second kappa shape index (κ2) is 8.34. The van der Waals surface area contributed by atoms with Crippen molar-refractivity contribution in [1.82, 2.24) is 10.2 Å². The summed E-state index contributed by atoms with van der Waals surface area (Å²) in [6, 6.07) is 31.4. The lowest BCUT2D eigenvalue weighted by Gasteiger charge is -2.26. The Morgan fingerprint density at radius 2 is 1.05 bits per heavy atom. The van der Waals surface area contributed by atoms with Gasteiger partial charge < -0.3 is 0 Å². The summed E-state index contributed by atoms with van der Waals surface area (Å²) in [6.07, 6.45) is 3.89. The van der Waals surface area contributed by atoms with Crippen LogP contribution in [-0.4, -0.2) is 10.2 Å². The van der Waals surface area contributed by atoms with E-state index in [-0.39, 0.29) is 5.41 Å². The normalized spacial score (nSPS) is 14.1. The molecular formula is C39H30N2. The van der Waals surface area contributed by atoms with Crippen LogP contribution in [0.4, 0.5) is 0 Å². The number of hydrogen-bond acceptors (Lipinski definition) is 2. The fourth-order valence-corrected chi connectivity index (χ4v) is 7.14. The summed E-state index contributed by atoms with van der Waals surface area (Å²) in [5.41, 5.74) is 18.5. The molecule has 41 heavy (non-hydrogen) atoms. The minimum absolute atomic E-state index is 0.211. The van der Waals surface area contributed by atoms with Gasteiger partial charge >= 0.3 is 0 Å². The quantitative estimate of drug-likeness (QED) is 0.224. The average Bonchev–Trinajstić information content (AvgIpc) is 3.41. The highest BCUT2D eigenvalue weighted by molar-refractivity contribution is 6.18. The molecular weight excluding hydrogens is 496 g/mol. The maximum atomic E-state index is 4.74. The Morgan fingerprint density at radius 3 is 1.66 bits per heavy atom. The first-order chi connectivity index (χ1) is 19.8. The number of aryl methyl sites for hydroxylation is 2. The van der Waals surface area contributed by atoms with E-state index in [4.69, 9.17) is 6.58 Å². The monoisotopic (exact) mass is 526 g/mol. The Bertz CT molecular complexity index is 2080. The van der Waals surface area contributed by atoms with E-state index < -0.39 is 0 Å². The molecule has 8 rings (SSSR count). The van der Waals surface area contributed by atoms with Crippen molar-refractivity contribution in [2.24, 2.45) is 0 Å². The third-order valence-electron chi connectivity index (χ3n) is 9.29. The lowest BCUT2D eigenvalue weighted by molar-refractivity contribution is 0.660. The summed E-state index contributed by atoms with van der Waals surface area (Å²) in [5, 5.41) is 11.0. The van der Waals surface area contributed by atoms with E-state index in [0.29, 0.717) is 0 Å². The van der Waals surface area contributed by atoms with Crippen LogP contribution in [0.15, 0.2) is 104 Å². The number of rotatable bonds is 2. The van der Waals surface area contributed by atoms with Crippen LogP contribution in [0.2, 0.25) is 0 Å². The van der Waals surface area contributed by atoms with Crippen molar-refractivity contribution in [3.63, 3.8) is 0 Å². The number of aromatic nitrogens is 2. The minimum atomic E-state index is -0.211. The zero-order chi connectivity index (χ0) is 28.0. The van der Waals surface area contributed by atoms with Gasteiger partial charge in [-0.05, 0) is 98.3 Å². The van der Waals surface area contributed by atoms with Gasteiger partial charge in [-0.25, -0.2) is 0 Å². The highest BCUT2D eigenvalue weighted by atomic mass is 15.1. The molecule has 5 aromatic carbocycles. The van der Waals surface area contributed by atoms with Crippen molar-refractivity contribution in [3.8, 4) is 44.5 Å². The van der Waals surface area contributed by atoms with Gasteiger partial charge in [0.15, 0.2) is 0 Å². The zero-order valence-electron chi connectivity index (χ0n) is 23.8. The average molecular weight is 527 g/mol. The van der Waals surface area contributed by atoms with Crippen molar-refractivity contribution in [3.05, 3.63) is 137 Å². The molecule has 2 aliphatic rings. The molecule has 0 N–H and O–H groups in total. The number of nitrogens with zero attached hydrogens (tertiary/aromatic N) is 2. The van der Waals surface area contributed by atoms with E-state index in [0.717, 1.165) is 16.3 Å². The molecule has 0 saturated heterocycles. The molecule has 2 aliphatic carbocycles. The molecule has 0 saturated carbocycles.